The number of alkyl halides is 3. The molecule has 0 amide bonds. The first-order chi connectivity index (χ1) is 10.8. The summed E-state index contributed by atoms with van der Waals surface area (Å²) in [4.78, 5) is 13.1. The number of hydrogen-bond acceptors (Lipinski definition) is 3. The molecule has 1 aliphatic rings. The third-order valence-electron chi connectivity index (χ3n) is 3.82. The fourth-order valence-corrected chi connectivity index (χ4v) is 2.99. The van der Waals surface area contributed by atoms with E-state index in [1.807, 2.05) is 0 Å². The van der Waals surface area contributed by atoms with Crippen LogP contribution in [0.1, 0.15) is 15.9 Å². The maximum Gasteiger partial charge on any atom is 0.453 e. The van der Waals surface area contributed by atoms with Crippen LogP contribution in [-0.4, -0.2) is 19.2 Å². The molecule has 1 heterocycles. The van der Waals surface area contributed by atoms with E-state index in [1.54, 1.807) is 6.07 Å². The Kier molecular flexibility index (Phi) is 3.52. The lowest BCUT2D eigenvalue weighted by Crippen LogP contribution is -2.60. The zero-order valence-corrected chi connectivity index (χ0v) is 12.7. The minimum absolute atomic E-state index is 0.0446. The van der Waals surface area contributed by atoms with Gasteiger partial charge in [-0.15, -0.1) is 0 Å². The third kappa shape index (κ3) is 2.16. The number of carbonyl (C=O) groups excluding carboxylic acids is 1. The second kappa shape index (κ2) is 5.16. The number of esters is 1. The van der Waals surface area contributed by atoms with Gasteiger partial charge in [-0.05, 0) is 12.1 Å². The van der Waals surface area contributed by atoms with Gasteiger partial charge in [0, 0.05) is 12.6 Å². The van der Waals surface area contributed by atoms with Crippen LogP contribution >= 0.6 is 11.6 Å². The molecule has 2 aromatic carbocycles. The highest BCUT2D eigenvalue weighted by Crippen LogP contribution is 2.50. The van der Waals surface area contributed by atoms with Crippen molar-refractivity contribution in [2.24, 2.45) is 0 Å². The van der Waals surface area contributed by atoms with E-state index in [-0.39, 0.29) is 21.8 Å². The summed E-state index contributed by atoms with van der Waals surface area (Å²) in [6, 6.07) is 11.4. The summed E-state index contributed by atoms with van der Waals surface area (Å²) >= 11 is 5.95. The van der Waals surface area contributed by atoms with Crippen molar-refractivity contribution in [1.29, 1.82) is 0 Å². The van der Waals surface area contributed by atoms with E-state index in [1.165, 1.54) is 49.5 Å². The van der Waals surface area contributed by atoms with Gasteiger partial charge in [-0.1, -0.05) is 48.0 Å². The first-order valence-electron chi connectivity index (χ1n) is 6.67. The second-order valence-electron chi connectivity index (χ2n) is 5.09. The highest BCUT2D eigenvalue weighted by atomic mass is 35.5. The molecule has 0 spiro atoms. The van der Waals surface area contributed by atoms with Crippen molar-refractivity contribution >= 4 is 23.3 Å². The van der Waals surface area contributed by atoms with E-state index in [9.17, 15) is 18.0 Å². The Balaban J connectivity index is 2.30. The number of ether oxygens (including phenoxy) is 1. The lowest BCUT2D eigenvalue weighted by molar-refractivity contribution is -0.265. The van der Waals surface area contributed by atoms with Gasteiger partial charge in [-0.25, -0.2) is 4.79 Å². The van der Waals surface area contributed by atoms with Crippen molar-refractivity contribution in [3.63, 3.8) is 0 Å². The van der Waals surface area contributed by atoms with Crippen LogP contribution in [0.25, 0.3) is 0 Å². The molecule has 0 aromatic heterocycles. The van der Waals surface area contributed by atoms with Crippen molar-refractivity contribution < 1.29 is 22.7 Å². The fraction of sp³-hybridized carbons (Fsp3) is 0.188. The lowest BCUT2D eigenvalue weighted by Gasteiger charge is -2.46. The van der Waals surface area contributed by atoms with Crippen molar-refractivity contribution in [3.05, 3.63) is 64.7 Å². The summed E-state index contributed by atoms with van der Waals surface area (Å²) in [6.45, 7) is 0. The summed E-state index contributed by atoms with van der Waals surface area (Å²) in [5.74, 6) is -1.11. The molecule has 0 bridgehead atoms. The topological polar surface area (TPSA) is 29.5 Å². The summed E-state index contributed by atoms with van der Waals surface area (Å²) in [6.07, 6.45) is -4.85. The molecule has 1 atom stereocenters. The van der Waals surface area contributed by atoms with Gasteiger partial charge in [0.15, 0.2) is 0 Å². The highest BCUT2D eigenvalue weighted by Gasteiger charge is 2.65. The predicted octanol–water partition coefficient (Wildman–Crippen LogP) is 4.36. The number of nitrogens with zero attached hydrogens (tertiary/aromatic N) is 1. The van der Waals surface area contributed by atoms with E-state index in [2.05, 4.69) is 0 Å². The van der Waals surface area contributed by atoms with Crippen LogP contribution in [0.2, 0.25) is 5.02 Å². The second-order valence-corrected chi connectivity index (χ2v) is 5.50. The predicted molar refractivity (Wildman–Crippen MR) is 79.4 cm³/mol. The van der Waals surface area contributed by atoms with Crippen LogP contribution < -0.4 is 4.90 Å². The molecule has 120 valence electrons. The molecule has 0 saturated carbocycles. The van der Waals surface area contributed by atoms with Crippen LogP contribution in [0.15, 0.2) is 48.5 Å². The molecule has 0 saturated heterocycles. The standard InChI is InChI=1S/C16H11ClF3NO2/c1-21-12-9-5-8-11(17)13(12)14(22)23-15(21,16(18,19)20)10-6-3-2-4-7-10/h2-9H,1H3/t15-/m0/s1. The van der Waals surface area contributed by atoms with Crippen LogP contribution in [0.4, 0.5) is 18.9 Å². The number of halogens is 4. The Morgan fingerprint density at radius 2 is 1.74 bits per heavy atom. The zero-order valence-electron chi connectivity index (χ0n) is 11.9. The molecule has 3 rings (SSSR count). The summed E-state index contributed by atoms with van der Waals surface area (Å²) in [7, 11) is 1.22. The van der Waals surface area contributed by atoms with E-state index in [4.69, 9.17) is 16.3 Å². The highest BCUT2D eigenvalue weighted by molar-refractivity contribution is 6.34. The van der Waals surface area contributed by atoms with Gasteiger partial charge in [0.25, 0.3) is 0 Å². The van der Waals surface area contributed by atoms with E-state index in [0.29, 0.717) is 0 Å². The Morgan fingerprint density at radius 1 is 1.09 bits per heavy atom. The minimum atomic E-state index is -4.85. The first-order valence-corrected chi connectivity index (χ1v) is 7.05. The number of carbonyl (C=O) groups is 1. The van der Waals surface area contributed by atoms with Crippen LogP contribution in [0, 0.1) is 0 Å². The third-order valence-corrected chi connectivity index (χ3v) is 4.13. The Bertz CT molecular complexity index is 764. The number of cyclic esters (lactones) is 1. The number of rotatable bonds is 1. The number of hydrogen-bond donors (Lipinski definition) is 0. The molecule has 3 nitrogen and oxygen atoms in total. The molecule has 2 aromatic rings. The summed E-state index contributed by atoms with van der Waals surface area (Å²) in [5, 5.41) is 0.0446. The van der Waals surface area contributed by atoms with Crippen LogP contribution in [-0.2, 0) is 10.5 Å². The smallest absolute Gasteiger partial charge is 0.421 e. The molecule has 0 aliphatic carbocycles. The average Bonchev–Trinajstić information content (AvgIpc) is 2.50. The number of benzene rings is 2. The zero-order chi connectivity index (χ0) is 16.8. The molecule has 0 fully saturated rings. The summed E-state index contributed by atoms with van der Waals surface area (Å²) in [5.41, 5.74) is -3.10. The monoisotopic (exact) mass is 341 g/mol. The molecular weight excluding hydrogens is 331 g/mol. The van der Waals surface area contributed by atoms with Crippen LogP contribution in [0.5, 0.6) is 0 Å². The fourth-order valence-electron chi connectivity index (χ4n) is 2.75. The van der Waals surface area contributed by atoms with Gasteiger partial charge >= 0.3 is 17.9 Å². The van der Waals surface area contributed by atoms with E-state index >= 15 is 0 Å². The van der Waals surface area contributed by atoms with Crippen molar-refractivity contribution in [2.45, 2.75) is 11.9 Å². The normalized spacial score (nSPS) is 20.9. The number of anilines is 1. The maximum atomic E-state index is 13.9. The molecule has 0 unspecified atom stereocenters. The number of fused-ring (bicyclic) bond motifs is 1. The molecule has 0 radical (unpaired) electrons. The SMILES string of the molecule is CN1c2cccc(Cl)c2C(=O)O[C@@]1(c1ccccc1)C(F)(F)F. The Hall–Kier alpha value is -2.21. The van der Waals surface area contributed by atoms with Gasteiger partial charge in [-0.3, -0.25) is 0 Å². The quantitative estimate of drug-likeness (QED) is 0.722. The summed E-state index contributed by atoms with van der Waals surface area (Å²) < 4.78 is 46.8. The first kappa shape index (κ1) is 15.7. The Morgan fingerprint density at radius 3 is 2.35 bits per heavy atom. The van der Waals surface area contributed by atoms with Gasteiger partial charge in [0.2, 0.25) is 0 Å². The van der Waals surface area contributed by atoms with Crippen LogP contribution in [0.3, 0.4) is 0 Å². The van der Waals surface area contributed by atoms with Gasteiger partial charge in [0.1, 0.15) is 5.56 Å². The maximum absolute atomic E-state index is 13.9. The molecule has 23 heavy (non-hydrogen) atoms. The Labute approximate surface area is 135 Å². The average molecular weight is 342 g/mol. The van der Waals surface area contributed by atoms with Gasteiger partial charge in [0.05, 0.1) is 10.7 Å². The van der Waals surface area contributed by atoms with E-state index < -0.39 is 17.9 Å². The molecule has 7 heteroatoms. The largest absolute Gasteiger partial charge is 0.453 e. The van der Waals surface area contributed by atoms with Gasteiger partial charge in [-0.2, -0.15) is 13.2 Å². The van der Waals surface area contributed by atoms with Crippen molar-refractivity contribution in [1.82, 2.24) is 0 Å². The molecule has 0 N–H and O–H groups in total. The molecule has 1 aliphatic heterocycles. The minimum Gasteiger partial charge on any atom is -0.421 e. The molecular formula is C16H11ClF3NO2. The van der Waals surface area contributed by atoms with E-state index in [0.717, 1.165) is 4.90 Å². The van der Waals surface area contributed by atoms with Gasteiger partial charge < -0.3 is 9.64 Å². The van der Waals surface area contributed by atoms with Crippen molar-refractivity contribution in [2.75, 3.05) is 11.9 Å². The van der Waals surface area contributed by atoms with Crippen molar-refractivity contribution in [3.8, 4) is 0 Å². The lowest BCUT2D eigenvalue weighted by atomic mass is 9.96.